The van der Waals surface area contributed by atoms with Gasteiger partial charge in [0, 0.05) is 6.54 Å². The Kier molecular flexibility index (Phi) is 4.24. The molecule has 0 aromatic heterocycles. The van der Waals surface area contributed by atoms with Crippen molar-refractivity contribution in [2.75, 3.05) is 6.54 Å². The first-order valence-corrected chi connectivity index (χ1v) is 5.08. The standard InChI is InChI=1S/C9H18ClN/c1-2-8-3-5-9(6-4-8)7-11-10/h8-9,11H,2-7H2,1H3. The topological polar surface area (TPSA) is 12.0 Å². The molecule has 0 atom stereocenters. The number of nitrogens with one attached hydrogen (secondary N) is 1. The lowest BCUT2D eigenvalue weighted by atomic mass is 9.81. The summed E-state index contributed by atoms with van der Waals surface area (Å²) >= 11 is 5.46. The zero-order chi connectivity index (χ0) is 8.10. The Morgan fingerprint density at radius 3 is 2.18 bits per heavy atom. The van der Waals surface area contributed by atoms with Gasteiger partial charge in [-0.2, -0.15) is 0 Å². The second-order valence-corrected chi connectivity index (χ2v) is 3.90. The number of rotatable bonds is 3. The average molecular weight is 176 g/mol. The van der Waals surface area contributed by atoms with Crippen molar-refractivity contribution in [3.63, 3.8) is 0 Å². The van der Waals surface area contributed by atoms with Crippen molar-refractivity contribution >= 4 is 11.8 Å². The van der Waals surface area contributed by atoms with Gasteiger partial charge in [0.2, 0.25) is 0 Å². The van der Waals surface area contributed by atoms with Gasteiger partial charge in [-0.1, -0.05) is 26.2 Å². The fourth-order valence-electron chi connectivity index (χ4n) is 1.95. The number of halogens is 1. The predicted octanol–water partition coefficient (Wildman–Crippen LogP) is 2.95. The van der Waals surface area contributed by atoms with E-state index in [1.54, 1.807) is 0 Å². The molecule has 0 saturated heterocycles. The Labute approximate surface area is 74.6 Å². The maximum Gasteiger partial charge on any atom is 0.0136 e. The van der Waals surface area contributed by atoms with Crippen LogP contribution in [-0.2, 0) is 0 Å². The van der Waals surface area contributed by atoms with E-state index in [0.717, 1.165) is 18.4 Å². The van der Waals surface area contributed by atoms with Crippen LogP contribution < -0.4 is 4.84 Å². The third-order valence-electron chi connectivity index (χ3n) is 2.91. The summed E-state index contributed by atoms with van der Waals surface area (Å²) in [7, 11) is 0. The molecule has 2 heteroatoms. The van der Waals surface area contributed by atoms with E-state index in [0.29, 0.717) is 0 Å². The van der Waals surface area contributed by atoms with Gasteiger partial charge in [0.15, 0.2) is 0 Å². The molecule has 0 aromatic carbocycles. The maximum atomic E-state index is 5.46. The summed E-state index contributed by atoms with van der Waals surface area (Å²) in [6.07, 6.45) is 6.94. The first kappa shape index (κ1) is 9.34. The van der Waals surface area contributed by atoms with Crippen LogP contribution >= 0.6 is 11.8 Å². The molecule has 1 saturated carbocycles. The van der Waals surface area contributed by atoms with Crippen LogP contribution in [-0.4, -0.2) is 6.54 Å². The van der Waals surface area contributed by atoms with Gasteiger partial charge in [0.25, 0.3) is 0 Å². The summed E-state index contributed by atoms with van der Waals surface area (Å²) in [5, 5.41) is 0. The predicted molar refractivity (Wildman–Crippen MR) is 49.6 cm³/mol. The molecule has 0 aromatic rings. The molecule has 0 spiro atoms. The molecule has 0 radical (unpaired) electrons. The monoisotopic (exact) mass is 175 g/mol. The molecule has 0 aliphatic heterocycles. The largest absolute Gasteiger partial charge is 0.233 e. The van der Waals surface area contributed by atoms with E-state index in [9.17, 15) is 0 Å². The van der Waals surface area contributed by atoms with Gasteiger partial charge >= 0.3 is 0 Å². The van der Waals surface area contributed by atoms with Gasteiger partial charge in [0.1, 0.15) is 0 Å². The molecular formula is C9H18ClN. The highest BCUT2D eigenvalue weighted by molar-refractivity contribution is 6.13. The maximum absolute atomic E-state index is 5.46. The first-order valence-electron chi connectivity index (χ1n) is 4.70. The fraction of sp³-hybridized carbons (Fsp3) is 1.00. The lowest BCUT2D eigenvalue weighted by molar-refractivity contribution is 0.270. The van der Waals surface area contributed by atoms with Crippen LogP contribution in [0.2, 0.25) is 0 Å². The SMILES string of the molecule is CCC1CCC(CNCl)CC1. The van der Waals surface area contributed by atoms with Gasteiger partial charge in [-0.3, -0.25) is 0 Å². The summed E-state index contributed by atoms with van der Waals surface area (Å²) in [4.78, 5) is 2.74. The van der Waals surface area contributed by atoms with Crippen LogP contribution in [0.5, 0.6) is 0 Å². The number of hydrogen-bond donors (Lipinski definition) is 1. The Morgan fingerprint density at radius 1 is 1.18 bits per heavy atom. The minimum Gasteiger partial charge on any atom is -0.233 e. The molecule has 1 rings (SSSR count). The smallest absolute Gasteiger partial charge is 0.0136 e. The summed E-state index contributed by atoms with van der Waals surface area (Å²) in [5.41, 5.74) is 0. The highest BCUT2D eigenvalue weighted by atomic mass is 35.5. The zero-order valence-electron chi connectivity index (χ0n) is 7.28. The molecule has 1 N–H and O–H groups in total. The van der Waals surface area contributed by atoms with Crippen molar-refractivity contribution in [3.05, 3.63) is 0 Å². The lowest BCUT2D eigenvalue weighted by Gasteiger charge is -2.26. The summed E-state index contributed by atoms with van der Waals surface area (Å²) < 4.78 is 0. The van der Waals surface area contributed by atoms with Crippen LogP contribution in [0.1, 0.15) is 39.0 Å². The molecule has 1 fully saturated rings. The van der Waals surface area contributed by atoms with E-state index in [1.807, 2.05) is 0 Å². The molecule has 1 aliphatic rings. The molecule has 0 bridgehead atoms. The third-order valence-corrected chi connectivity index (χ3v) is 3.06. The van der Waals surface area contributed by atoms with E-state index in [4.69, 9.17) is 11.8 Å². The average Bonchev–Trinajstić information content (AvgIpc) is 2.07. The van der Waals surface area contributed by atoms with Gasteiger partial charge < -0.3 is 0 Å². The van der Waals surface area contributed by atoms with E-state index in [-0.39, 0.29) is 0 Å². The van der Waals surface area contributed by atoms with Crippen molar-refractivity contribution in [1.29, 1.82) is 0 Å². The van der Waals surface area contributed by atoms with Gasteiger partial charge in [-0.05, 0) is 36.5 Å². The summed E-state index contributed by atoms with van der Waals surface area (Å²) in [6.45, 7) is 3.29. The van der Waals surface area contributed by atoms with Crippen LogP contribution in [0.25, 0.3) is 0 Å². The minimum atomic E-state index is 0.843. The van der Waals surface area contributed by atoms with E-state index in [2.05, 4.69) is 11.8 Å². The summed E-state index contributed by atoms with van der Waals surface area (Å²) in [5.74, 6) is 1.84. The third kappa shape index (κ3) is 3.00. The van der Waals surface area contributed by atoms with Crippen LogP contribution in [0.4, 0.5) is 0 Å². The first-order chi connectivity index (χ1) is 5.36. The Balaban J connectivity index is 2.14. The molecule has 0 unspecified atom stereocenters. The molecule has 11 heavy (non-hydrogen) atoms. The molecule has 1 nitrogen and oxygen atoms in total. The fourth-order valence-corrected chi connectivity index (χ4v) is 2.17. The van der Waals surface area contributed by atoms with E-state index in [1.165, 1.54) is 32.1 Å². The Morgan fingerprint density at radius 2 is 1.73 bits per heavy atom. The lowest BCUT2D eigenvalue weighted by Crippen LogP contribution is -2.21. The highest BCUT2D eigenvalue weighted by Gasteiger charge is 2.18. The van der Waals surface area contributed by atoms with Gasteiger partial charge in [-0.25, -0.2) is 4.84 Å². The molecule has 1 aliphatic carbocycles. The van der Waals surface area contributed by atoms with Crippen LogP contribution in [0.15, 0.2) is 0 Å². The second-order valence-electron chi connectivity index (χ2n) is 3.63. The van der Waals surface area contributed by atoms with Crippen molar-refractivity contribution in [2.24, 2.45) is 11.8 Å². The zero-order valence-corrected chi connectivity index (χ0v) is 8.03. The summed E-state index contributed by atoms with van der Waals surface area (Å²) in [6, 6.07) is 0. The van der Waals surface area contributed by atoms with Gasteiger partial charge in [-0.15, -0.1) is 0 Å². The molecule has 0 amide bonds. The van der Waals surface area contributed by atoms with E-state index >= 15 is 0 Å². The Hall–Kier alpha value is 0.250. The molecule has 0 heterocycles. The van der Waals surface area contributed by atoms with Crippen molar-refractivity contribution in [1.82, 2.24) is 4.84 Å². The second kappa shape index (κ2) is 5.00. The van der Waals surface area contributed by atoms with Crippen molar-refractivity contribution < 1.29 is 0 Å². The van der Waals surface area contributed by atoms with Crippen LogP contribution in [0.3, 0.4) is 0 Å². The molecule has 66 valence electrons. The van der Waals surface area contributed by atoms with Gasteiger partial charge in [0.05, 0.1) is 0 Å². The van der Waals surface area contributed by atoms with E-state index < -0.39 is 0 Å². The normalized spacial score (nSPS) is 32.2. The number of hydrogen-bond acceptors (Lipinski definition) is 1. The molecular weight excluding hydrogens is 158 g/mol. The Bertz CT molecular complexity index is 97.7. The quantitative estimate of drug-likeness (QED) is 0.651. The van der Waals surface area contributed by atoms with Crippen molar-refractivity contribution in [2.45, 2.75) is 39.0 Å². The van der Waals surface area contributed by atoms with Crippen molar-refractivity contribution in [3.8, 4) is 0 Å². The van der Waals surface area contributed by atoms with Crippen LogP contribution in [0, 0.1) is 11.8 Å². The highest BCUT2D eigenvalue weighted by Crippen LogP contribution is 2.29. The minimum absolute atomic E-state index is 0.843.